The number of aldehydes is 1. The highest BCUT2D eigenvalue weighted by atomic mass is 19.1. The van der Waals surface area contributed by atoms with Gasteiger partial charge in [-0.15, -0.1) is 0 Å². The topological polar surface area (TPSA) is 55.8 Å². The standard InChI is InChI=1S/C21H20FNO4/c1-5-17(26-3)19-14(10-11-18(27-4)20(19)22)12-23(2)21(25)16-9-7-6-8-15(16)13-24/h6-11,13H,1,12H2,2-4H3. The van der Waals surface area contributed by atoms with Crippen molar-refractivity contribution in [1.29, 1.82) is 0 Å². The Morgan fingerprint density at radius 2 is 1.96 bits per heavy atom. The summed E-state index contributed by atoms with van der Waals surface area (Å²) in [5.41, 5.74) is 3.72. The maximum absolute atomic E-state index is 14.8. The average molecular weight is 369 g/mol. The van der Waals surface area contributed by atoms with E-state index in [1.54, 1.807) is 37.4 Å². The monoisotopic (exact) mass is 369 g/mol. The van der Waals surface area contributed by atoms with Gasteiger partial charge in [0.05, 0.1) is 25.3 Å². The first-order valence-electron chi connectivity index (χ1n) is 8.07. The summed E-state index contributed by atoms with van der Waals surface area (Å²) in [7, 11) is 4.31. The van der Waals surface area contributed by atoms with Crippen LogP contribution in [0.3, 0.4) is 0 Å². The van der Waals surface area contributed by atoms with Gasteiger partial charge in [0, 0.05) is 19.2 Å². The summed E-state index contributed by atoms with van der Waals surface area (Å²) in [6, 6.07) is 9.61. The molecule has 0 saturated heterocycles. The van der Waals surface area contributed by atoms with Gasteiger partial charge in [-0.25, -0.2) is 4.39 Å². The minimum atomic E-state index is -0.628. The summed E-state index contributed by atoms with van der Waals surface area (Å²) >= 11 is 0. The van der Waals surface area contributed by atoms with Gasteiger partial charge in [-0.2, -0.15) is 0 Å². The van der Waals surface area contributed by atoms with Gasteiger partial charge in [-0.05, 0) is 17.7 Å². The van der Waals surface area contributed by atoms with Crippen molar-refractivity contribution in [2.45, 2.75) is 6.54 Å². The van der Waals surface area contributed by atoms with Crippen LogP contribution < -0.4 is 4.74 Å². The quantitative estimate of drug-likeness (QED) is 0.424. The van der Waals surface area contributed by atoms with Gasteiger partial charge in [0.1, 0.15) is 0 Å². The van der Waals surface area contributed by atoms with E-state index in [0.717, 1.165) is 0 Å². The minimum Gasteiger partial charge on any atom is -0.494 e. The zero-order valence-electron chi connectivity index (χ0n) is 15.4. The molecule has 0 fully saturated rings. The van der Waals surface area contributed by atoms with Gasteiger partial charge < -0.3 is 14.4 Å². The van der Waals surface area contributed by atoms with Gasteiger partial charge in [0.2, 0.25) is 0 Å². The molecule has 0 aliphatic heterocycles. The number of methoxy groups -OCH3 is 2. The highest BCUT2D eigenvalue weighted by Crippen LogP contribution is 2.30. The van der Waals surface area contributed by atoms with E-state index in [1.165, 1.54) is 25.2 Å². The molecule has 2 aromatic carbocycles. The second-order valence-corrected chi connectivity index (χ2v) is 5.69. The minimum absolute atomic E-state index is 0.0406. The number of amides is 1. The molecule has 5 nitrogen and oxygen atoms in total. The van der Waals surface area contributed by atoms with Gasteiger partial charge in [0.25, 0.3) is 5.91 Å². The Bertz CT molecular complexity index is 916. The van der Waals surface area contributed by atoms with Crippen LogP contribution in [0.2, 0.25) is 0 Å². The molecular formula is C21H20FNO4. The molecule has 0 aliphatic carbocycles. The largest absolute Gasteiger partial charge is 0.494 e. The van der Waals surface area contributed by atoms with Gasteiger partial charge in [0.15, 0.2) is 23.6 Å². The summed E-state index contributed by atoms with van der Waals surface area (Å²) in [5, 5.41) is 0. The van der Waals surface area contributed by atoms with Crippen LogP contribution in [-0.2, 0) is 11.3 Å². The lowest BCUT2D eigenvalue weighted by Gasteiger charge is -2.21. The van der Waals surface area contributed by atoms with E-state index in [1.807, 2.05) is 0 Å². The molecule has 27 heavy (non-hydrogen) atoms. The van der Waals surface area contributed by atoms with Crippen molar-refractivity contribution in [1.82, 2.24) is 4.90 Å². The maximum Gasteiger partial charge on any atom is 0.254 e. The normalized spacial score (nSPS) is 9.93. The maximum atomic E-state index is 14.8. The SMILES string of the molecule is C=C=C(OC)c1c(CN(C)C(=O)c2ccccc2C=O)ccc(OC)c1F. The molecular weight excluding hydrogens is 349 g/mol. The third kappa shape index (κ3) is 4.07. The van der Waals surface area contributed by atoms with E-state index >= 15 is 0 Å². The molecule has 0 atom stereocenters. The molecule has 6 heteroatoms. The average Bonchev–Trinajstić information content (AvgIpc) is 2.70. The number of carbonyl (C=O) groups is 2. The van der Waals surface area contributed by atoms with Crippen molar-refractivity contribution in [3.63, 3.8) is 0 Å². The molecule has 0 radical (unpaired) electrons. The third-order valence-electron chi connectivity index (χ3n) is 4.08. The second-order valence-electron chi connectivity index (χ2n) is 5.69. The molecule has 140 valence electrons. The molecule has 0 bridgehead atoms. The van der Waals surface area contributed by atoms with Gasteiger partial charge >= 0.3 is 0 Å². The van der Waals surface area contributed by atoms with Crippen molar-refractivity contribution in [3.05, 3.63) is 76.8 Å². The molecule has 1 amide bonds. The van der Waals surface area contributed by atoms with Crippen molar-refractivity contribution < 1.29 is 23.5 Å². The Balaban J connectivity index is 2.44. The van der Waals surface area contributed by atoms with Crippen LogP contribution in [0.25, 0.3) is 5.76 Å². The number of rotatable bonds is 7. The number of hydrogen-bond acceptors (Lipinski definition) is 4. The van der Waals surface area contributed by atoms with Crippen LogP contribution in [0.15, 0.2) is 48.7 Å². The Hall–Kier alpha value is -3.37. The fourth-order valence-electron chi connectivity index (χ4n) is 2.72. The Kier molecular flexibility index (Phi) is 6.52. The van der Waals surface area contributed by atoms with E-state index in [-0.39, 0.29) is 35.1 Å². The predicted molar refractivity (Wildman–Crippen MR) is 100 cm³/mol. The van der Waals surface area contributed by atoms with Crippen molar-refractivity contribution >= 4 is 18.0 Å². The van der Waals surface area contributed by atoms with E-state index < -0.39 is 5.82 Å². The summed E-state index contributed by atoms with van der Waals surface area (Å²) in [6.07, 6.45) is 0.628. The lowest BCUT2D eigenvalue weighted by atomic mass is 10.0. The molecule has 0 spiro atoms. The van der Waals surface area contributed by atoms with Crippen molar-refractivity contribution in [2.24, 2.45) is 0 Å². The van der Waals surface area contributed by atoms with Crippen LogP contribution in [-0.4, -0.2) is 38.4 Å². The molecule has 2 rings (SSSR count). The van der Waals surface area contributed by atoms with E-state index in [0.29, 0.717) is 17.4 Å². The summed E-state index contributed by atoms with van der Waals surface area (Å²) in [5.74, 6) is -0.840. The fourth-order valence-corrected chi connectivity index (χ4v) is 2.72. The Morgan fingerprint density at radius 3 is 2.56 bits per heavy atom. The van der Waals surface area contributed by atoms with E-state index in [9.17, 15) is 14.0 Å². The van der Waals surface area contributed by atoms with Gasteiger partial charge in [-0.1, -0.05) is 36.6 Å². The summed E-state index contributed by atoms with van der Waals surface area (Å²) in [4.78, 5) is 25.3. The zero-order chi connectivity index (χ0) is 20.0. The molecule has 0 N–H and O–H groups in total. The number of halogens is 1. The lowest BCUT2D eigenvalue weighted by Crippen LogP contribution is -2.27. The highest BCUT2D eigenvalue weighted by molar-refractivity contribution is 6.01. The van der Waals surface area contributed by atoms with Gasteiger partial charge in [-0.3, -0.25) is 9.59 Å². The Labute approximate surface area is 157 Å². The van der Waals surface area contributed by atoms with Crippen LogP contribution in [0.1, 0.15) is 31.8 Å². The zero-order valence-corrected chi connectivity index (χ0v) is 15.4. The first-order valence-corrected chi connectivity index (χ1v) is 8.07. The number of nitrogens with zero attached hydrogens (tertiary/aromatic N) is 1. The summed E-state index contributed by atoms with van der Waals surface area (Å²) < 4.78 is 25.0. The molecule has 0 aliphatic rings. The molecule has 0 saturated carbocycles. The lowest BCUT2D eigenvalue weighted by molar-refractivity contribution is 0.0781. The number of benzene rings is 2. The number of carbonyl (C=O) groups excluding carboxylic acids is 2. The Morgan fingerprint density at radius 1 is 1.26 bits per heavy atom. The molecule has 0 unspecified atom stereocenters. The first-order chi connectivity index (χ1) is 13.0. The molecule has 0 aromatic heterocycles. The molecule has 2 aromatic rings. The first kappa shape index (κ1) is 19.9. The van der Waals surface area contributed by atoms with Crippen LogP contribution >= 0.6 is 0 Å². The predicted octanol–water partition coefficient (Wildman–Crippen LogP) is 3.69. The highest BCUT2D eigenvalue weighted by Gasteiger charge is 2.22. The van der Waals surface area contributed by atoms with E-state index in [4.69, 9.17) is 9.47 Å². The smallest absolute Gasteiger partial charge is 0.254 e. The van der Waals surface area contributed by atoms with Crippen LogP contribution in [0.4, 0.5) is 4.39 Å². The van der Waals surface area contributed by atoms with Crippen molar-refractivity contribution in [3.8, 4) is 5.75 Å². The van der Waals surface area contributed by atoms with Crippen LogP contribution in [0, 0.1) is 5.82 Å². The fraction of sp³-hybridized carbons (Fsp3) is 0.190. The van der Waals surface area contributed by atoms with Crippen LogP contribution in [0.5, 0.6) is 5.75 Å². The molecule has 0 heterocycles. The second kappa shape index (κ2) is 8.83. The van der Waals surface area contributed by atoms with Crippen molar-refractivity contribution in [2.75, 3.05) is 21.3 Å². The number of hydrogen-bond donors (Lipinski definition) is 0. The third-order valence-corrected chi connectivity index (χ3v) is 4.08. The van der Waals surface area contributed by atoms with E-state index in [2.05, 4.69) is 12.3 Å². The number of ether oxygens (including phenoxy) is 2. The summed E-state index contributed by atoms with van der Waals surface area (Å²) in [6.45, 7) is 3.60.